The summed E-state index contributed by atoms with van der Waals surface area (Å²) in [4.78, 5) is 22.4. The van der Waals surface area contributed by atoms with E-state index in [9.17, 15) is 4.79 Å². The Morgan fingerprint density at radius 3 is 2.83 bits per heavy atom. The summed E-state index contributed by atoms with van der Waals surface area (Å²) in [6, 6.07) is 7.80. The molecule has 2 heterocycles. The quantitative estimate of drug-likeness (QED) is 0.838. The number of carbonyl (C=O) groups excluding carboxylic acids is 1. The van der Waals surface area contributed by atoms with E-state index in [-0.39, 0.29) is 17.4 Å². The molecular formula is C17H21ClN4O2. The highest BCUT2D eigenvalue weighted by atomic mass is 35.5. The number of rotatable bonds is 2. The lowest BCUT2D eigenvalue weighted by Crippen LogP contribution is -2.36. The van der Waals surface area contributed by atoms with Gasteiger partial charge < -0.3 is 15.0 Å². The smallest absolute Gasteiger partial charge is 0.410 e. The molecule has 128 valence electrons. The zero-order chi connectivity index (χ0) is 17.3. The van der Waals surface area contributed by atoms with Crippen LogP contribution in [-0.4, -0.2) is 45.7 Å². The standard InChI is InChI=1S/C17H21ClN4O2/c1-17(2,3)24-16(23)22-9-8-11(10-22)19-14-12-6-4-5-7-13(12)20-15(18)21-14/h4-7,11H,8-10H2,1-3H3,(H,19,20,21)/t11-/m0/s1. The Morgan fingerprint density at radius 1 is 1.33 bits per heavy atom. The Labute approximate surface area is 146 Å². The summed E-state index contributed by atoms with van der Waals surface area (Å²) in [6.45, 7) is 6.83. The van der Waals surface area contributed by atoms with E-state index in [1.165, 1.54) is 0 Å². The first-order valence-electron chi connectivity index (χ1n) is 7.98. The summed E-state index contributed by atoms with van der Waals surface area (Å²) in [5.74, 6) is 0.696. The van der Waals surface area contributed by atoms with Crippen molar-refractivity contribution in [1.29, 1.82) is 0 Å². The third-order valence-electron chi connectivity index (χ3n) is 3.76. The number of carbonyl (C=O) groups is 1. The maximum Gasteiger partial charge on any atom is 0.410 e. The van der Waals surface area contributed by atoms with Crippen molar-refractivity contribution in [2.45, 2.75) is 38.8 Å². The van der Waals surface area contributed by atoms with Crippen LogP contribution in [-0.2, 0) is 4.74 Å². The minimum atomic E-state index is -0.487. The first kappa shape index (κ1) is 16.8. The molecule has 6 nitrogen and oxygen atoms in total. The van der Waals surface area contributed by atoms with Crippen molar-refractivity contribution < 1.29 is 9.53 Å². The van der Waals surface area contributed by atoms with Crippen LogP contribution in [0, 0.1) is 0 Å². The van der Waals surface area contributed by atoms with Gasteiger partial charge in [0.05, 0.1) is 5.52 Å². The summed E-state index contributed by atoms with van der Waals surface area (Å²) >= 11 is 6.01. The van der Waals surface area contributed by atoms with E-state index >= 15 is 0 Å². The van der Waals surface area contributed by atoms with Crippen molar-refractivity contribution in [3.63, 3.8) is 0 Å². The molecule has 0 aliphatic carbocycles. The van der Waals surface area contributed by atoms with Gasteiger partial charge in [-0.25, -0.2) is 14.8 Å². The van der Waals surface area contributed by atoms with E-state index in [0.717, 1.165) is 17.3 Å². The van der Waals surface area contributed by atoms with Crippen LogP contribution in [0.25, 0.3) is 10.9 Å². The van der Waals surface area contributed by atoms with Gasteiger partial charge >= 0.3 is 6.09 Å². The topological polar surface area (TPSA) is 67.3 Å². The molecule has 1 aromatic carbocycles. The number of benzene rings is 1. The average molecular weight is 349 g/mol. The largest absolute Gasteiger partial charge is 0.444 e. The molecule has 1 aliphatic rings. The fourth-order valence-corrected chi connectivity index (χ4v) is 2.90. The van der Waals surface area contributed by atoms with Gasteiger partial charge in [0.2, 0.25) is 5.28 Å². The zero-order valence-corrected chi connectivity index (χ0v) is 14.8. The number of hydrogen-bond donors (Lipinski definition) is 1. The molecule has 0 radical (unpaired) electrons. The summed E-state index contributed by atoms with van der Waals surface area (Å²) < 4.78 is 5.42. The number of ether oxygens (including phenoxy) is 1. The third kappa shape index (κ3) is 3.87. The van der Waals surface area contributed by atoms with Gasteiger partial charge in [-0.1, -0.05) is 12.1 Å². The molecule has 7 heteroatoms. The van der Waals surface area contributed by atoms with Gasteiger partial charge in [-0.05, 0) is 50.9 Å². The monoisotopic (exact) mass is 348 g/mol. The van der Waals surface area contributed by atoms with Crippen LogP contribution in [0.5, 0.6) is 0 Å². The molecule has 1 atom stereocenters. The van der Waals surface area contributed by atoms with E-state index in [1.807, 2.05) is 45.0 Å². The van der Waals surface area contributed by atoms with Crippen LogP contribution in [0.2, 0.25) is 5.28 Å². The van der Waals surface area contributed by atoms with Crippen molar-refractivity contribution in [1.82, 2.24) is 14.9 Å². The molecule has 1 N–H and O–H groups in total. The second kappa shape index (κ2) is 6.43. The van der Waals surface area contributed by atoms with Gasteiger partial charge in [0.15, 0.2) is 0 Å². The van der Waals surface area contributed by atoms with Crippen LogP contribution < -0.4 is 5.32 Å². The molecule has 0 spiro atoms. The summed E-state index contributed by atoms with van der Waals surface area (Å²) in [6.07, 6.45) is 0.548. The lowest BCUT2D eigenvalue weighted by Gasteiger charge is -2.24. The highest BCUT2D eigenvalue weighted by molar-refractivity contribution is 6.28. The Balaban J connectivity index is 1.71. The number of fused-ring (bicyclic) bond motifs is 1. The van der Waals surface area contributed by atoms with Crippen molar-refractivity contribution in [3.05, 3.63) is 29.5 Å². The lowest BCUT2D eigenvalue weighted by atomic mass is 10.2. The Bertz CT molecular complexity index is 760. The van der Waals surface area contributed by atoms with Crippen molar-refractivity contribution >= 4 is 34.4 Å². The van der Waals surface area contributed by atoms with Crippen LogP contribution in [0.1, 0.15) is 27.2 Å². The van der Waals surface area contributed by atoms with Gasteiger partial charge in [0.1, 0.15) is 11.4 Å². The molecule has 3 rings (SSSR count). The molecule has 0 unspecified atom stereocenters. The van der Waals surface area contributed by atoms with E-state index in [2.05, 4.69) is 15.3 Å². The van der Waals surface area contributed by atoms with Crippen LogP contribution in [0.15, 0.2) is 24.3 Å². The van der Waals surface area contributed by atoms with Gasteiger partial charge in [-0.3, -0.25) is 0 Å². The third-order valence-corrected chi connectivity index (χ3v) is 3.93. The number of hydrogen-bond acceptors (Lipinski definition) is 5. The molecule has 1 saturated heterocycles. The van der Waals surface area contributed by atoms with Crippen molar-refractivity contribution in [2.75, 3.05) is 18.4 Å². The lowest BCUT2D eigenvalue weighted by molar-refractivity contribution is 0.0293. The fraction of sp³-hybridized carbons (Fsp3) is 0.471. The second-order valence-corrected chi connectivity index (χ2v) is 7.25. The van der Waals surface area contributed by atoms with Crippen LogP contribution in [0.3, 0.4) is 0 Å². The first-order chi connectivity index (χ1) is 11.3. The van der Waals surface area contributed by atoms with Crippen LogP contribution in [0.4, 0.5) is 10.6 Å². The highest BCUT2D eigenvalue weighted by Crippen LogP contribution is 2.24. The molecule has 0 saturated carbocycles. The Hall–Kier alpha value is -2.08. The van der Waals surface area contributed by atoms with Gasteiger partial charge in [-0.2, -0.15) is 0 Å². The number of anilines is 1. The zero-order valence-electron chi connectivity index (χ0n) is 14.0. The summed E-state index contributed by atoms with van der Waals surface area (Å²) in [5, 5.41) is 4.51. The predicted octanol–water partition coefficient (Wildman–Crippen LogP) is 3.70. The molecule has 0 bridgehead atoms. The van der Waals surface area contributed by atoms with Crippen LogP contribution >= 0.6 is 11.6 Å². The molecular weight excluding hydrogens is 328 g/mol. The maximum absolute atomic E-state index is 12.2. The van der Waals surface area contributed by atoms with E-state index in [0.29, 0.717) is 18.9 Å². The normalized spacial score (nSPS) is 18.0. The second-order valence-electron chi connectivity index (χ2n) is 6.91. The molecule has 1 amide bonds. The van der Waals surface area contributed by atoms with Crippen molar-refractivity contribution in [3.8, 4) is 0 Å². The van der Waals surface area contributed by atoms with E-state index in [4.69, 9.17) is 16.3 Å². The molecule has 1 aliphatic heterocycles. The van der Waals surface area contributed by atoms with E-state index in [1.54, 1.807) is 4.90 Å². The number of nitrogens with one attached hydrogen (secondary N) is 1. The summed E-state index contributed by atoms with van der Waals surface area (Å²) in [7, 11) is 0. The Morgan fingerprint density at radius 2 is 2.08 bits per heavy atom. The SMILES string of the molecule is CC(C)(C)OC(=O)N1CC[C@H](Nc2nc(Cl)nc3ccccc23)C1. The number of amides is 1. The maximum atomic E-state index is 12.2. The van der Waals surface area contributed by atoms with E-state index < -0.39 is 5.60 Å². The number of para-hydroxylation sites is 1. The van der Waals surface area contributed by atoms with Gasteiger partial charge in [0.25, 0.3) is 0 Å². The molecule has 1 aromatic heterocycles. The minimum absolute atomic E-state index is 0.104. The number of halogens is 1. The molecule has 24 heavy (non-hydrogen) atoms. The minimum Gasteiger partial charge on any atom is -0.444 e. The van der Waals surface area contributed by atoms with Gasteiger partial charge in [0, 0.05) is 24.5 Å². The average Bonchev–Trinajstić information content (AvgIpc) is 2.94. The van der Waals surface area contributed by atoms with Crippen molar-refractivity contribution in [2.24, 2.45) is 0 Å². The summed E-state index contributed by atoms with van der Waals surface area (Å²) in [5.41, 5.74) is 0.306. The highest BCUT2D eigenvalue weighted by Gasteiger charge is 2.30. The van der Waals surface area contributed by atoms with Gasteiger partial charge in [-0.15, -0.1) is 0 Å². The number of nitrogens with zero attached hydrogens (tertiary/aromatic N) is 3. The predicted molar refractivity (Wildman–Crippen MR) is 94.4 cm³/mol. The fourth-order valence-electron chi connectivity index (χ4n) is 2.72. The molecule has 1 fully saturated rings. The first-order valence-corrected chi connectivity index (χ1v) is 8.36. The number of aromatic nitrogens is 2. The number of likely N-dealkylation sites (tertiary alicyclic amines) is 1. The molecule has 2 aromatic rings. The Kier molecular flexibility index (Phi) is 4.49.